The van der Waals surface area contributed by atoms with Gasteiger partial charge in [0.15, 0.2) is 0 Å². The van der Waals surface area contributed by atoms with Crippen LogP contribution < -0.4 is 0 Å². The summed E-state index contributed by atoms with van der Waals surface area (Å²) in [6.07, 6.45) is 5.28. The molecule has 0 saturated carbocycles. The highest BCUT2D eigenvalue weighted by Crippen LogP contribution is 2.25. The summed E-state index contributed by atoms with van der Waals surface area (Å²) in [5.74, 6) is 0. The highest BCUT2D eigenvalue weighted by Gasteiger charge is 2.35. The fourth-order valence-electron chi connectivity index (χ4n) is 2.54. The van der Waals surface area contributed by atoms with Gasteiger partial charge in [-0.1, -0.05) is 0 Å². The SMILES string of the molecule is [B]C(C)(N1CCCC1)N1CCCC1. The molecular formula is C10H19BN2. The van der Waals surface area contributed by atoms with Gasteiger partial charge in [-0.3, -0.25) is 9.80 Å². The zero-order valence-electron chi connectivity index (χ0n) is 8.63. The summed E-state index contributed by atoms with van der Waals surface area (Å²) in [7, 11) is 6.38. The molecule has 0 aromatic rings. The highest BCUT2D eigenvalue weighted by atomic mass is 15.4. The van der Waals surface area contributed by atoms with Gasteiger partial charge >= 0.3 is 0 Å². The summed E-state index contributed by atoms with van der Waals surface area (Å²) >= 11 is 0. The molecule has 0 N–H and O–H groups in total. The molecule has 0 aliphatic carbocycles. The number of hydrogen-bond acceptors (Lipinski definition) is 2. The Morgan fingerprint density at radius 1 is 0.846 bits per heavy atom. The summed E-state index contributed by atoms with van der Waals surface area (Å²) in [6, 6.07) is 0. The summed E-state index contributed by atoms with van der Waals surface area (Å²) in [5.41, 5.74) is -0.174. The lowest BCUT2D eigenvalue weighted by atomic mass is 9.85. The molecular weight excluding hydrogens is 159 g/mol. The number of nitrogens with zero attached hydrogens (tertiary/aromatic N) is 2. The van der Waals surface area contributed by atoms with Crippen molar-refractivity contribution >= 4 is 7.85 Å². The van der Waals surface area contributed by atoms with Crippen molar-refractivity contribution in [3.8, 4) is 0 Å². The summed E-state index contributed by atoms with van der Waals surface area (Å²) in [4.78, 5) is 4.86. The van der Waals surface area contributed by atoms with Crippen LogP contribution in [-0.4, -0.2) is 49.4 Å². The van der Waals surface area contributed by atoms with Gasteiger partial charge < -0.3 is 0 Å². The van der Waals surface area contributed by atoms with Crippen molar-refractivity contribution in [2.75, 3.05) is 26.2 Å². The van der Waals surface area contributed by atoms with Gasteiger partial charge in [0.05, 0.1) is 0 Å². The summed E-state index contributed by atoms with van der Waals surface area (Å²) in [6.45, 7) is 6.91. The second-order valence-corrected chi connectivity index (χ2v) is 4.48. The molecule has 72 valence electrons. The van der Waals surface area contributed by atoms with Crippen LogP contribution in [-0.2, 0) is 0 Å². The van der Waals surface area contributed by atoms with Gasteiger partial charge in [-0.15, -0.1) is 0 Å². The molecule has 0 bridgehead atoms. The zero-order valence-corrected chi connectivity index (χ0v) is 8.63. The van der Waals surface area contributed by atoms with Crippen LogP contribution in [0, 0.1) is 0 Å². The maximum absolute atomic E-state index is 6.38. The molecule has 0 amide bonds. The third kappa shape index (κ3) is 1.77. The molecule has 2 radical (unpaired) electrons. The molecule has 2 fully saturated rings. The standard InChI is InChI=1S/C10H19BN2/c1-10(11,12-6-2-3-7-12)13-8-4-5-9-13/h2-9H2,1H3. The van der Waals surface area contributed by atoms with Crippen molar-refractivity contribution in [3.05, 3.63) is 0 Å². The Morgan fingerprint density at radius 3 is 1.46 bits per heavy atom. The quantitative estimate of drug-likeness (QED) is 0.582. The Hall–Kier alpha value is -0.0151. The minimum absolute atomic E-state index is 0.174. The zero-order chi connectivity index (χ0) is 9.31. The average Bonchev–Trinajstić information content (AvgIpc) is 2.78. The Labute approximate surface area is 82.7 Å². The first-order valence-electron chi connectivity index (χ1n) is 5.50. The molecule has 3 heteroatoms. The van der Waals surface area contributed by atoms with Gasteiger partial charge in [-0.2, -0.15) is 0 Å². The minimum atomic E-state index is -0.174. The van der Waals surface area contributed by atoms with Gasteiger partial charge in [-0.05, 0) is 58.8 Å². The summed E-state index contributed by atoms with van der Waals surface area (Å²) < 4.78 is 0. The van der Waals surface area contributed by atoms with E-state index in [1.165, 1.54) is 51.9 Å². The van der Waals surface area contributed by atoms with Crippen LogP contribution in [0.15, 0.2) is 0 Å². The van der Waals surface area contributed by atoms with E-state index in [0.717, 1.165) is 0 Å². The van der Waals surface area contributed by atoms with E-state index in [1.54, 1.807) is 0 Å². The topological polar surface area (TPSA) is 6.48 Å². The van der Waals surface area contributed by atoms with E-state index in [4.69, 9.17) is 7.85 Å². The molecule has 0 aromatic heterocycles. The third-order valence-electron chi connectivity index (χ3n) is 3.49. The molecule has 2 heterocycles. The lowest BCUT2D eigenvalue weighted by Gasteiger charge is -2.44. The van der Waals surface area contributed by atoms with Gasteiger partial charge in [0.1, 0.15) is 7.85 Å². The highest BCUT2D eigenvalue weighted by molar-refractivity contribution is 6.14. The Kier molecular flexibility index (Phi) is 2.66. The van der Waals surface area contributed by atoms with E-state index in [1.807, 2.05) is 0 Å². The lowest BCUT2D eigenvalue weighted by molar-refractivity contribution is 0.0549. The van der Waals surface area contributed by atoms with Gasteiger partial charge in [-0.25, -0.2) is 0 Å². The number of hydrogen-bond donors (Lipinski definition) is 0. The van der Waals surface area contributed by atoms with Gasteiger partial charge in [0.2, 0.25) is 0 Å². The van der Waals surface area contributed by atoms with E-state index in [2.05, 4.69) is 16.7 Å². The van der Waals surface area contributed by atoms with Crippen molar-refractivity contribution < 1.29 is 0 Å². The average molecular weight is 178 g/mol. The molecule has 0 atom stereocenters. The monoisotopic (exact) mass is 178 g/mol. The van der Waals surface area contributed by atoms with E-state index >= 15 is 0 Å². The molecule has 2 saturated heterocycles. The molecule has 2 aliphatic rings. The van der Waals surface area contributed by atoms with Crippen LogP contribution >= 0.6 is 0 Å². The fourth-order valence-corrected chi connectivity index (χ4v) is 2.54. The van der Waals surface area contributed by atoms with E-state index < -0.39 is 0 Å². The molecule has 0 unspecified atom stereocenters. The first kappa shape index (κ1) is 9.54. The van der Waals surface area contributed by atoms with Crippen molar-refractivity contribution in [1.29, 1.82) is 0 Å². The van der Waals surface area contributed by atoms with E-state index in [0.29, 0.717) is 0 Å². The Morgan fingerprint density at radius 2 is 1.15 bits per heavy atom. The van der Waals surface area contributed by atoms with Crippen LogP contribution in [0.4, 0.5) is 0 Å². The normalized spacial score (nSPS) is 27.2. The second-order valence-electron chi connectivity index (χ2n) is 4.48. The molecule has 2 aliphatic heterocycles. The van der Waals surface area contributed by atoms with E-state index in [9.17, 15) is 0 Å². The van der Waals surface area contributed by atoms with Gasteiger partial charge in [0, 0.05) is 5.56 Å². The molecule has 13 heavy (non-hydrogen) atoms. The maximum Gasteiger partial charge on any atom is 0.117 e. The van der Waals surface area contributed by atoms with Crippen molar-refractivity contribution in [2.24, 2.45) is 0 Å². The van der Waals surface area contributed by atoms with Crippen LogP contribution in [0.2, 0.25) is 0 Å². The van der Waals surface area contributed by atoms with Crippen molar-refractivity contribution in [2.45, 2.75) is 38.2 Å². The number of likely N-dealkylation sites (tertiary alicyclic amines) is 2. The van der Waals surface area contributed by atoms with Crippen molar-refractivity contribution in [3.63, 3.8) is 0 Å². The third-order valence-corrected chi connectivity index (χ3v) is 3.49. The molecule has 0 aromatic carbocycles. The van der Waals surface area contributed by atoms with Crippen LogP contribution in [0.25, 0.3) is 0 Å². The van der Waals surface area contributed by atoms with E-state index in [-0.39, 0.29) is 5.56 Å². The smallest absolute Gasteiger partial charge is 0.117 e. The predicted octanol–water partition coefficient (Wildman–Crippen LogP) is 1.02. The predicted molar refractivity (Wildman–Crippen MR) is 55.8 cm³/mol. The molecule has 2 rings (SSSR count). The first-order chi connectivity index (χ1) is 6.21. The van der Waals surface area contributed by atoms with Gasteiger partial charge in [0.25, 0.3) is 0 Å². The largest absolute Gasteiger partial charge is 0.294 e. The Bertz CT molecular complexity index is 152. The van der Waals surface area contributed by atoms with Crippen LogP contribution in [0.1, 0.15) is 32.6 Å². The lowest BCUT2D eigenvalue weighted by Crippen LogP contribution is -2.57. The van der Waals surface area contributed by atoms with Crippen LogP contribution in [0.5, 0.6) is 0 Å². The summed E-state index contributed by atoms with van der Waals surface area (Å²) in [5, 5.41) is 0. The van der Waals surface area contributed by atoms with Crippen molar-refractivity contribution in [1.82, 2.24) is 9.80 Å². The fraction of sp³-hybridized carbons (Fsp3) is 1.00. The molecule has 0 spiro atoms. The maximum atomic E-state index is 6.38. The Balaban J connectivity index is 1.99. The minimum Gasteiger partial charge on any atom is -0.294 e. The van der Waals surface area contributed by atoms with Crippen LogP contribution in [0.3, 0.4) is 0 Å². The number of rotatable bonds is 2. The molecule has 2 nitrogen and oxygen atoms in total. The first-order valence-corrected chi connectivity index (χ1v) is 5.50. The second kappa shape index (κ2) is 3.62.